The standard InChI is InChI=1S/C25H32O4S/c1-4-5-6-7-20(17-29-21-11-8-18(9-12-21)24(26)27)19-10-13-23-22(16-19)25(2,3)14-15-30(23)28/h8-13,16,20H,4-7,14-15,17H2,1-3H3,(H,26,27). The van der Waals surface area contributed by atoms with Gasteiger partial charge in [0, 0.05) is 17.9 Å². The Morgan fingerprint density at radius 1 is 1.20 bits per heavy atom. The van der Waals surface area contributed by atoms with E-state index in [1.54, 1.807) is 24.3 Å². The van der Waals surface area contributed by atoms with E-state index in [1.165, 1.54) is 24.0 Å². The van der Waals surface area contributed by atoms with Crippen molar-refractivity contribution in [2.75, 3.05) is 12.4 Å². The third-order valence-corrected chi connectivity index (χ3v) is 7.49. The number of rotatable bonds is 9. The summed E-state index contributed by atoms with van der Waals surface area (Å²) in [6, 6.07) is 13.0. The number of carbonyl (C=O) groups is 1. The SMILES string of the molecule is CCCCCC(COc1ccc(C(=O)O)cc1)c1ccc2c(c1)C(C)(C)CC[S+]2[O-]. The van der Waals surface area contributed by atoms with Gasteiger partial charge in [-0.15, -0.1) is 0 Å². The minimum absolute atomic E-state index is 0.0285. The first-order valence-electron chi connectivity index (χ1n) is 10.8. The highest BCUT2D eigenvalue weighted by Gasteiger charge is 2.35. The van der Waals surface area contributed by atoms with E-state index >= 15 is 0 Å². The van der Waals surface area contributed by atoms with Crippen LogP contribution in [-0.4, -0.2) is 28.0 Å². The van der Waals surface area contributed by atoms with Crippen molar-refractivity contribution in [1.82, 2.24) is 0 Å². The predicted molar refractivity (Wildman–Crippen MR) is 121 cm³/mol. The first kappa shape index (κ1) is 22.7. The van der Waals surface area contributed by atoms with Gasteiger partial charge in [0.1, 0.15) is 11.5 Å². The molecule has 1 aliphatic rings. The molecule has 0 radical (unpaired) electrons. The van der Waals surface area contributed by atoms with Crippen LogP contribution in [0.3, 0.4) is 0 Å². The van der Waals surface area contributed by atoms with E-state index in [1.807, 2.05) is 0 Å². The van der Waals surface area contributed by atoms with Gasteiger partial charge in [-0.1, -0.05) is 46.1 Å². The number of aromatic carboxylic acids is 1. The van der Waals surface area contributed by atoms with Crippen molar-refractivity contribution >= 4 is 17.1 Å². The first-order valence-corrected chi connectivity index (χ1v) is 12.1. The lowest BCUT2D eigenvalue weighted by Gasteiger charge is -2.33. The zero-order valence-corrected chi connectivity index (χ0v) is 19.0. The Labute approximate surface area is 182 Å². The van der Waals surface area contributed by atoms with E-state index in [-0.39, 0.29) is 16.9 Å². The highest BCUT2D eigenvalue weighted by atomic mass is 32.2. The minimum Gasteiger partial charge on any atom is -0.611 e. The van der Waals surface area contributed by atoms with Gasteiger partial charge >= 0.3 is 5.97 Å². The van der Waals surface area contributed by atoms with Crippen LogP contribution in [0, 0.1) is 0 Å². The molecule has 2 aromatic carbocycles. The summed E-state index contributed by atoms with van der Waals surface area (Å²) in [6.45, 7) is 7.21. The zero-order chi connectivity index (χ0) is 21.7. The molecule has 0 aliphatic carbocycles. The summed E-state index contributed by atoms with van der Waals surface area (Å²) in [4.78, 5) is 12.0. The second kappa shape index (κ2) is 9.88. The Bertz CT molecular complexity index is 860. The second-order valence-electron chi connectivity index (χ2n) is 8.77. The van der Waals surface area contributed by atoms with Crippen LogP contribution in [0.1, 0.15) is 80.3 Å². The lowest BCUT2D eigenvalue weighted by molar-refractivity contribution is 0.0697. The monoisotopic (exact) mass is 428 g/mol. The average molecular weight is 429 g/mol. The molecule has 2 unspecified atom stereocenters. The molecule has 0 saturated carbocycles. The second-order valence-corrected chi connectivity index (χ2v) is 10.3. The van der Waals surface area contributed by atoms with E-state index in [2.05, 4.69) is 39.0 Å². The van der Waals surface area contributed by atoms with E-state index < -0.39 is 17.1 Å². The van der Waals surface area contributed by atoms with Crippen LogP contribution in [0.25, 0.3) is 0 Å². The third kappa shape index (κ3) is 5.38. The van der Waals surface area contributed by atoms with Crippen LogP contribution >= 0.6 is 0 Å². The number of benzene rings is 2. The van der Waals surface area contributed by atoms with Gasteiger partial charge in [0.25, 0.3) is 0 Å². The van der Waals surface area contributed by atoms with Crippen molar-refractivity contribution in [3.05, 3.63) is 59.2 Å². The largest absolute Gasteiger partial charge is 0.611 e. The van der Waals surface area contributed by atoms with Gasteiger partial charge in [-0.25, -0.2) is 4.79 Å². The molecule has 0 fully saturated rings. The molecule has 162 valence electrons. The van der Waals surface area contributed by atoms with Crippen LogP contribution < -0.4 is 4.74 Å². The molecule has 0 amide bonds. The highest BCUT2D eigenvalue weighted by molar-refractivity contribution is 7.91. The lowest BCUT2D eigenvalue weighted by atomic mass is 9.79. The minimum atomic E-state index is -0.937. The Morgan fingerprint density at radius 3 is 2.60 bits per heavy atom. The van der Waals surface area contributed by atoms with Gasteiger partial charge in [0.05, 0.1) is 12.2 Å². The van der Waals surface area contributed by atoms with Crippen LogP contribution in [0.4, 0.5) is 0 Å². The maximum Gasteiger partial charge on any atom is 0.335 e. The molecular weight excluding hydrogens is 396 g/mol. The Kier molecular flexibility index (Phi) is 7.48. The Morgan fingerprint density at radius 2 is 1.93 bits per heavy atom. The fourth-order valence-electron chi connectivity index (χ4n) is 4.00. The molecule has 2 aromatic rings. The molecule has 30 heavy (non-hydrogen) atoms. The smallest absolute Gasteiger partial charge is 0.335 e. The summed E-state index contributed by atoms with van der Waals surface area (Å²) < 4.78 is 18.5. The van der Waals surface area contributed by atoms with Crippen LogP contribution in [0.2, 0.25) is 0 Å². The van der Waals surface area contributed by atoms with E-state index in [0.717, 1.165) is 29.9 Å². The quantitative estimate of drug-likeness (QED) is 0.398. The Hall–Kier alpha value is -1.98. The van der Waals surface area contributed by atoms with Crippen LogP contribution in [0.15, 0.2) is 47.4 Å². The van der Waals surface area contributed by atoms with Gasteiger partial charge in [-0.2, -0.15) is 0 Å². The van der Waals surface area contributed by atoms with Gasteiger partial charge in [-0.05, 0) is 65.0 Å². The molecule has 4 nitrogen and oxygen atoms in total. The summed E-state index contributed by atoms with van der Waals surface area (Å²) in [7, 11) is 0. The summed E-state index contributed by atoms with van der Waals surface area (Å²) in [5.41, 5.74) is 2.72. The number of unbranched alkanes of at least 4 members (excludes halogenated alkanes) is 2. The average Bonchev–Trinajstić information content (AvgIpc) is 2.73. The van der Waals surface area contributed by atoms with Gasteiger partial charge in [-0.3, -0.25) is 0 Å². The fraction of sp³-hybridized carbons (Fsp3) is 0.480. The maximum absolute atomic E-state index is 12.5. The molecule has 5 heteroatoms. The molecule has 1 heterocycles. The molecule has 0 spiro atoms. The molecule has 0 bridgehead atoms. The van der Waals surface area contributed by atoms with Crippen molar-refractivity contribution < 1.29 is 19.2 Å². The third-order valence-electron chi connectivity index (χ3n) is 6.07. The first-order chi connectivity index (χ1) is 14.3. The number of ether oxygens (including phenoxy) is 1. The fourth-order valence-corrected chi connectivity index (χ4v) is 5.71. The molecule has 0 aromatic heterocycles. The topological polar surface area (TPSA) is 69.6 Å². The molecule has 2 atom stereocenters. The molecule has 1 aliphatic heterocycles. The van der Waals surface area contributed by atoms with Gasteiger partial charge in [0.15, 0.2) is 4.90 Å². The van der Waals surface area contributed by atoms with Gasteiger partial charge in [0.2, 0.25) is 0 Å². The summed E-state index contributed by atoms with van der Waals surface area (Å²) in [6.07, 6.45) is 5.45. The van der Waals surface area contributed by atoms with Crippen molar-refractivity contribution in [2.24, 2.45) is 0 Å². The summed E-state index contributed by atoms with van der Waals surface area (Å²) in [5, 5.41) is 9.06. The maximum atomic E-state index is 12.5. The highest BCUT2D eigenvalue weighted by Crippen LogP contribution is 2.40. The van der Waals surface area contributed by atoms with E-state index in [9.17, 15) is 9.35 Å². The van der Waals surface area contributed by atoms with Crippen LogP contribution in [-0.2, 0) is 16.6 Å². The van der Waals surface area contributed by atoms with Crippen molar-refractivity contribution in [3.63, 3.8) is 0 Å². The number of carboxylic acid groups (broad SMARTS) is 1. The lowest BCUT2D eigenvalue weighted by Crippen LogP contribution is -2.30. The van der Waals surface area contributed by atoms with Crippen LogP contribution in [0.5, 0.6) is 5.75 Å². The Balaban J connectivity index is 1.80. The predicted octanol–water partition coefficient (Wildman–Crippen LogP) is 5.92. The van der Waals surface area contributed by atoms with Gasteiger partial charge < -0.3 is 14.4 Å². The zero-order valence-electron chi connectivity index (χ0n) is 18.1. The molecule has 0 saturated heterocycles. The van der Waals surface area contributed by atoms with Crippen molar-refractivity contribution in [1.29, 1.82) is 0 Å². The summed E-state index contributed by atoms with van der Waals surface area (Å²) >= 11 is -0.909. The summed E-state index contributed by atoms with van der Waals surface area (Å²) in [5.74, 6) is 0.717. The number of fused-ring (bicyclic) bond motifs is 1. The molecule has 3 rings (SSSR count). The van der Waals surface area contributed by atoms with Crippen molar-refractivity contribution in [2.45, 2.75) is 69.1 Å². The molecule has 1 N–H and O–H groups in total. The number of carboxylic acids is 1. The normalized spacial score (nSPS) is 18.5. The van der Waals surface area contributed by atoms with E-state index in [4.69, 9.17) is 9.84 Å². The number of hydrogen-bond acceptors (Lipinski definition) is 3. The molecular formula is C25H32O4S. The number of hydrogen-bond donors (Lipinski definition) is 1. The van der Waals surface area contributed by atoms with E-state index in [0.29, 0.717) is 12.4 Å². The van der Waals surface area contributed by atoms with Crippen molar-refractivity contribution in [3.8, 4) is 5.75 Å².